The average Bonchev–Trinajstić information content (AvgIpc) is 2.68. The lowest BCUT2D eigenvalue weighted by Crippen LogP contribution is -2.24. The molecule has 26 heavy (non-hydrogen) atoms. The van der Waals surface area contributed by atoms with E-state index in [4.69, 9.17) is 11.6 Å². The molecule has 3 rings (SSSR count). The van der Waals surface area contributed by atoms with Gasteiger partial charge in [0.25, 0.3) is 5.91 Å². The molecule has 0 aliphatic carbocycles. The van der Waals surface area contributed by atoms with Crippen molar-refractivity contribution in [2.24, 2.45) is 0 Å². The van der Waals surface area contributed by atoms with Gasteiger partial charge in [-0.15, -0.1) is 0 Å². The summed E-state index contributed by atoms with van der Waals surface area (Å²) < 4.78 is 0. The van der Waals surface area contributed by atoms with Gasteiger partial charge < -0.3 is 10.6 Å². The van der Waals surface area contributed by atoms with Crippen LogP contribution in [0.5, 0.6) is 0 Å². The molecule has 132 valence electrons. The summed E-state index contributed by atoms with van der Waals surface area (Å²) in [5.41, 5.74) is 3.31. The second-order valence-corrected chi connectivity index (χ2v) is 6.15. The van der Waals surface area contributed by atoms with Gasteiger partial charge in [-0.1, -0.05) is 48.9 Å². The Morgan fingerprint density at radius 1 is 1.08 bits per heavy atom. The standard InChI is InChI=1S/C20H19ClN4O/c1-2-14-7-9-16(10-8-14)25-19-11-18(23-13-24-19)20(26)22-12-15-5-3-4-6-17(15)21/h3-11,13H,2,12H2,1H3,(H,22,26)(H,23,24,25). The molecule has 3 aromatic rings. The Bertz CT molecular complexity index is 896. The predicted molar refractivity (Wildman–Crippen MR) is 104 cm³/mol. The fourth-order valence-electron chi connectivity index (χ4n) is 2.43. The Balaban J connectivity index is 1.66. The predicted octanol–water partition coefficient (Wildman–Crippen LogP) is 4.37. The summed E-state index contributed by atoms with van der Waals surface area (Å²) in [5.74, 6) is 0.281. The third-order valence-electron chi connectivity index (χ3n) is 3.93. The van der Waals surface area contributed by atoms with Gasteiger partial charge in [-0.2, -0.15) is 0 Å². The third kappa shape index (κ3) is 4.58. The highest BCUT2D eigenvalue weighted by molar-refractivity contribution is 6.31. The third-order valence-corrected chi connectivity index (χ3v) is 4.30. The first kappa shape index (κ1) is 17.9. The summed E-state index contributed by atoms with van der Waals surface area (Å²) >= 11 is 6.10. The van der Waals surface area contributed by atoms with E-state index in [0.717, 1.165) is 17.7 Å². The number of rotatable bonds is 6. The van der Waals surface area contributed by atoms with Crippen LogP contribution in [0.4, 0.5) is 11.5 Å². The fourth-order valence-corrected chi connectivity index (χ4v) is 2.63. The van der Waals surface area contributed by atoms with Gasteiger partial charge in [0.2, 0.25) is 0 Å². The molecule has 0 bridgehead atoms. The summed E-state index contributed by atoms with van der Waals surface area (Å²) in [7, 11) is 0. The molecule has 6 heteroatoms. The first-order valence-corrected chi connectivity index (χ1v) is 8.73. The average molecular weight is 367 g/mol. The number of anilines is 2. The Labute approximate surface area is 157 Å². The molecule has 0 aliphatic rings. The van der Waals surface area contributed by atoms with E-state index < -0.39 is 0 Å². The number of hydrogen-bond donors (Lipinski definition) is 2. The number of halogens is 1. The Kier molecular flexibility index (Phi) is 5.81. The minimum absolute atomic E-state index is 0.281. The van der Waals surface area contributed by atoms with Gasteiger partial charge in [-0.05, 0) is 35.7 Å². The monoisotopic (exact) mass is 366 g/mol. The number of hydrogen-bond acceptors (Lipinski definition) is 4. The van der Waals surface area contributed by atoms with Crippen LogP contribution < -0.4 is 10.6 Å². The molecular weight excluding hydrogens is 348 g/mol. The quantitative estimate of drug-likeness (QED) is 0.680. The maximum Gasteiger partial charge on any atom is 0.270 e. The van der Waals surface area contributed by atoms with Crippen LogP contribution in [0.3, 0.4) is 0 Å². The SMILES string of the molecule is CCc1ccc(Nc2cc(C(=O)NCc3ccccc3Cl)ncn2)cc1. The van der Waals surface area contributed by atoms with Gasteiger partial charge >= 0.3 is 0 Å². The van der Waals surface area contributed by atoms with E-state index in [2.05, 4.69) is 39.7 Å². The second kappa shape index (κ2) is 8.45. The van der Waals surface area contributed by atoms with Crippen molar-refractivity contribution in [1.29, 1.82) is 0 Å². The molecular formula is C20H19ClN4O. The molecule has 0 atom stereocenters. The lowest BCUT2D eigenvalue weighted by molar-refractivity contribution is 0.0946. The zero-order valence-corrected chi connectivity index (χ0v) is 15.1. The van der Waals surface area contributed by atoms with Crippen molar-refractivity contribution in [3.8, 4) is 0 Å². The Hall–Kier alpha value is -2.92. The van der Waals surface area contributed by atoms with Crippen molar-refractivity contribution in [3.63, 3.8) is 0 Å². The lowest BCUT2D eigenvalue weighted by atomic mass is 10.1. The van der Waals surface area contributed by atoms with Gasteiger partial charge in [-0.25, -0.2) is 9.97 Å². The van der Waals surface area contributed by atoms with E-state index in [1.165, 1.54) is 11.9 Å². The summed E-state index contributed by atoms with van der Waals surface area (Å²) in [6, 6.07) is 17.1. The number of aryl methyl sites for hydroxylation is 1. The molecule has 0 fully saturated rings. The van der Waals surface area contributed by atoms with Crippen LogP contribution in [0.25, 0.3) is 0 Å². The number of amides is 1. The van der Waals surface area contributed by atoms with E-state index in [1.54, 1.807) is 12.1 Å². The minimum Gasteiger partial charge on any atom is -0.347 e. The summed E-state index contributed by atoms with van der Waals surface area (Å²) in [5, 5.41) is 6.62. The largest absolute Gasteiger partial charge is 0.347 e. The summed E-state index contributed by atoms with van der Waals surface area (Å²) in [4.78, 5) is 20.6. The van der Waals surface area contributed by atoms with Crippen molar-refractivity contribution >= 4 is 29.0 Å². The molecule has 1 amide bonds. The van der Waals surface area contributed by atoms with Gasteiger partial charge in [-0.3, -0.25) is 4.79 Å². The Morgan fingerprint density at radius 3 is 2.58 bits per heavy atom. The molecule has 1 aromatic heterocycles. The van der Waals surface area contributed by atoms with Gasteiger partial charge in [0.1, 0.15) is 17.8 Å². The van der Waals surface area contributed by atoms with Crippen LogP contribution in [-0.4, -0.2) is 15.9 Å². The fraction of sp³-hybridized carbons (Fsp3) is 0.150. The highest BCUT2D eigenvalue weighted by atomic mass is 35.5. The summed E-state index contributed by atoms with van der Waals surface area (Å²) in [6.45, 7) is 2.45. The minimum atomic E-state index is -0.281. The normalized spacial score (nSPS) is 10.4. The van der Waals surface area contributed by atoms with E-state index in [9.17, 15) is 4.79 Å². The number of carbonyl (C=O) groups is 1. The maximum atomic E-state index is 12.3. The highest BCUT2D eigenvalue weighted by Crippen LogP contribution is 2.17. The number of nitrogens with zero attached hydrogens (tertiary/aromatic N) is 2. The van der Waals surface area contributed by atoms with E-state index in [0.29, 0.717) is 23.1 Å². The molecule has 2 N–H and O–H groups in total. The van der Waals surface area contributed by atoms with Gasteiger partial charge in [0, 0.05) is 23.3 Å². The van der Waals surface area contributed by atoms with Crippen LogP contribution in [0.1, 0.15) is 28.5 Å². The van der Waals surface area contributed by atoms with E-state index in [-0.39, 0.29) is 5.91 Å². The first-order valence-electron chi connectivity index (χ1n) is 8.35. The van der Waals surface area contributed by atoms with Crippen molar-refractivity contribution in [2.45, 2.75) is 19.9 Å². The molecule has 5 nitrogen and oxygen atoms in total. The number of carbonyl (C=O) groups excluding carboxylic acids is 1. The lowest BCUT2D eigenvalue weighted by Gasteiger charge is -2.09. The molecule has 0 aliphatic heterocycles. The Morgan fingerprint density at radius 2 is 1.85 bits per heavy atom. The topological polar surface area (TPSA) is 66.9 Å². The van der Waals surface area contributed by atoms with Crippen molar-refractivity contribution in [1.82, 2.24) is 15.3 Å². The zero-order valence-electron chi connectivity index (χ0n) is 14.4. The van der Waals surface area contributed by atoms with E-state index in [1.807, 2.05) is 30.3 Å². The number of nitrogens with one attached hydrogen (secondary N) is 2. The van der Waals surface area contributed by atoms with Crippen LogP contribution >= 0.6 is 11.6 Å². The molecule has 0 saturated heterocycles. The van der Waals surface area contributed by atoms with E-state index >= 15 is 0 Å². The smallest absolute Gasteiger partial charge is 0.270 e. The van der Waals surface area contributed by atoms with Gasteiger partial charge in [0.15, 0.2) is 0 Å². The zero-order chi connectivity index (χ0) is 18.4. The number of aromatic nitrogens is 2. The molecule has 0 spiro atoms. The number of benzene rings is 2. The van der Waals surface area contributed by atoms with Crippen molar-refractivity contribution in [2.75, 3.05) is 5.32 Å². The van der Waals surface area contributed by atoms with Crippen LogP contribution in [0.2, 0.25) is 5.02 Å². The molecule has 0 saturated carbocycles. The second-order valence-electron chi connectivity index (χ2n) is 5.74. The molecule has 2 aromatic carbocycles. The van der Waals surface area contributed by atoms with Crippen LogP contribution in [0, 0.1) is 0 Å². The van der Waals surface area contributed by atoms with Crippen molar-refractivity contribution < 1.29 is 4.79 Å². The molecule has 0 radical (unpaired) electrons. The maximum absolute atomic E-state index is 12.3. The van der Waals surface area contributed by atoms with Crippen LogP contribution in [-0.2, 0) is 13.0 Å². The van der Waals surface area contributed by atoms with Crippen LogP contribution in [0.15, 0.2) is 60.9 Å². The highest BCUT2D eigenvalue weighted by Gasteiger charge is 2.09. The first-order chi connectivity index (χ1) is 12.7. The van der Waals surface area contributed by atoms with Gasteiger partial charge in [0.05, 0.1) is 0 Å². The molecule has 0 unspecified atom stereocenters. The van der Waals surface area contributed by atoms with Crippen molar-refractivity contribution in [3.05, 3.63) is 82.8 Å². The summed E-state index contributed by atoms with van der Waals surface area (Å²) in [6.07, 6.45) is 2.36. The molecule has 1 heterocycles.